The molecule has 0 fully saturated rings. The molecule has 0 atom stereocenters. The van der Waals surface area contributed by atoms with Crippen molar-refractivity contribution >= 4 is 21.8 Å². The molecule has 0 saturated carbocycles. The Hall–Kier alpha value is -2.90. The first-order valence-corrected chi connectivity index (χ1v) is 9.01. The molecule has 0 heterocycles. The maximum absolute atomic E-state index is 13.0. The molecular weight excluding hydrogens is 388 g/mol. The summed E-state index contributed by atoms with van der Waals surface area (Å²) in [4.78, 5) is 13.0. The summed E-state index contributed by atoms with van der Waals surface area (Å²) < 4.78 is 0.906. The molecule has 1 amide bonds. The molecule has 128 valence electrons. The lowest BCUT2D eigenvalue weighted by Gasteiger charge is -2.34. The molecule has 0 aliphatic carbocycles. The minimum Gasteiger partial charge on any atom is -0.337 e. The number of hydrogen-bond donors (Lipinski definition) is 1. The highest BCUT2D eigenvalue weighted by atomic mass is 79.9. The van der Waals surface area contributed by atoms with Crippen molar-refractivity contribution in [2.45, 2.75) is 12.0 Å². The summed E-state index contributed by atoms with van der Waals surface area (Å²) in [6.07, 6.45) is 0.128. The minimum atomic E-state index is -0.915. The summed E-state index contributed by atoms with van der Waals surface area (Å²) in [5.74, 6) is -0.222. The number of carbonyl (C=O) groups excluding carboxylic acids is 1. The van der Waals surface area contributed by atoms with Crippen LogP contribution in [-0.4, -0.2) is 5.91 Å². The van der Waals surface area contributed by atoms with Crippen LogP contribution < -0.4 is 5.32 Å². The topological polar surface area (TPSA) is 52.9 Å². The Morgan fingerprint density at radius 1 is 0.885 bits per heavy atom. The van der Waals surface area contributed by atoms with Gasteiger partial charge in [-0.05, 0) is 35.4 Å². The second-order valence-electron chi connectivity index (χ2n) is 5.93. The maximum atomic E-state index is 13.0. The molecule has 0 saturated heterocycles. The third-order valence-electron chi connectivity index (χ3n) is 4.31. The van der Waals surface area contributed by atoms with E-state index < -0.39 is 5.54 Å². The van der Waals surface area contributed by atoms with E-state index in [2.05, 4.69) is 27.3 Å². The van der Waals surface area contributed by atoms with Gasteiger partial charge in [-0.3, -0.25) is 4.79 Å². The zero-order chi connectivity index (χ0) is 18.4. The molecule has 0 aliphatic rings. The molecule has 0 aromatic heterocycles. The number of nitrogens with one attached hydrogen (secondary N) is 1. The van der Waals surface area contributed by atoms with Crippen molar-refractivity contribution in [2.24, 2.45) is 0 Å². The quantitative estimate of drug-likeness (QED) is 0.647. The smallest absolute Gasteiger partial charge is 0.252 e. The molecule has 0 spiro atoms. The van der Waals surface area contributed by atoms with E-state index in [0.29, 0.717) is 5.56 Å². The molecule has 3 rings (SSSR count). The fourth-order valence-electron chi connectivity index (χ4n) is 2.99. The number of benzene rings is 3. The fourth-order valence-corrected chi connectivity index (χ4v) is 3.25. The first-order chi connectivity index (χ1) is 12.7. The minimum absolute atomic E-state index is 0.128. The first kappa shape index (κ1) is 17.9. The SMILES string of the molecule is N#CCC(NC(=O)c1ccc(Br)cc1)(c1ccccc1)c1ccccc1. The Bertz CT molecular complexity index is 876. The lowest BCUT2D eigenvalue weighted by Crippen LogP contribution is -2.46. The zero-order valence-electron chi connectivity index (χ0n) is 14.0. The highest BCUT2D eigenvalue weighted by Gasteiger charge is 2.36. The van der Waals surface area contributed by atoms with Gasteiger partial charge in [0, 0.05) is 10.0 Å². The number of nitriles is 1. The van der Waals surface area contributed by atoms with Gasteiger partial charge in [-0.1, -0.05) is 76.6 Å². The second kappa shape index (κ2) is 7.99. The van der Waals surface area contributed by atoms with Gasteiger partial charge >= 0.3 is 0 Å². The van der Waals surface area contributed by atoms with Crippen LogP contribution in [0.15, 0.2) is 89.4 Å². The van der Waals surface area contributed by atoms with E-state index in [1.807, 2.05) is 72.8 Å². The Morgan fingerprint density at radius 3 is 1.85 bits per heavy atom. The number of carbonyl (C=O) groups is 1. The van der Waals surface area contributed by atoms with E-state index in [0.717, 1.165) is 15.6 Å². The van der Waals surface area contributed by atoms with E-state index in [-0.39, 0.29) is 12.3 Å². The number of halogens is 1. The molecule has 4 heteroatoms. The Morgan fingerprint density at radius 2 is 1.38 bits per heavy atom. The van der Waals surface area contributed by atoms with Gasteiger partial charge in [0.15, 0.2) is 0 Å². The highest BCUT2D eigenvalue weighted by Crippen LogP contribution is 2.33. The molecule has 0 bridgehead atoms. The van der Waals surface area contributed by atoms with Crippen LogP contribution in [0.2, 0.25) is 0 Å². The second-order valence-corrected chi connectivity index (χ2v) is 6.85. The summed E-state index contributed by atoms with van der Waals surface area (Å²) >= 11 is 3.38. The van der Waals surface area contributed by atoms with Gasteiger partial charge in [0.1, 0.15) is 5.54 Å². The van der Waals surface area contributed by atoms with Crippen LogP contribution >= 0.6 is 15.9 Å². The Kier molecular flexibility index (Phi) is 5.50. The van der Waals surface area contributed by atoms with Crippen molar-refractivity contribution in [2.75, 3.05) is 0 Å². The van der Waals surface area contributed by atoms with Gasteiger partial charge in [-0.2, -0.15) is 5.26 Å². The van der Waals surface area contributed by atoms with Crippen LogP contribution in [0.3, 0.4) is 0 Å². The lowest BCUT2D eigenvalue weighted by atomic mass is 9.80. The van der Waals surface area contributed by atoms with Gasteiger partial charge < -0.3 is 5.32 Å². The van der Waals surface area contributed by atoms with Gasteiger partial charge in [-0.25, -0.2) is 0 Å². The summed E-state index contributed by atoms with van der Waals surface area (Å²) in [5, 5.41) is 12.7. The third kappa shape index (κ3) is 3.68. The molecule has 26 heavy (non-hydrogen) atoms. The van der Waals surface area contributed by atoms with Gasteiger partial charge in [0.25, 0.3) is 5.91 Å². The van der Waals surface area contributed by atoms with Crippen molar-refractivity contribution < 1.29 is 4.79 Å². The summed E-state index contributed by atoms with van der Waals surface area (Å²) in [6, 6.07) is 28.6. The van der Waals surface area contributed by atoms with Crippen molar-refractivity contribution in [3.8, 4) is 6.07 Å². The lowest BCUT2D eigenvalue weighted by molar-refractivity contribution is 0.0914. The molecule has 0 unspecified atom stereocenters. The van der Waals surface area contributed by atoms with Crippen molar-refractivity contribution in [1.29, 1.82) is 5.26 Å². The van der Waals surface area contributed by atoms with Crippen molar-refractivity contribution in [3.05, 3.63) is 106 Å². The summed E-state index contributed by atoms with van der Waals surface area (Å²) in [5.41, 5.74) is 1.38. The van der Waals surface area contributed by atoms with Crippen LogP contribution in [0.1, 0.15) is 27.9 Å². The van der Waals surface area contributed by atoms with E-state index >= 15 is 0 Å². The standard InChI is InChI=1S/C22H17BrN2O/c23-20-13-11-17(12-14-20)21(26)25-22(15-16-24,18-7-3-1-4-8-18)19-9-5-2-6-10-19/h1-14H,15H2,(H,25,26). The summed E-state index contributed by atoms with van der Waals surface area (Å²) in [7, 11) is 0. The average molecular weight is 405 g/mol. The number of hydrogen-bond acceptors (Lipinski definition) is 2. The predicted octanol–water partition coefficient (Wildman–Crippen LogP) is 5.04. The predicted molar refractivity (Wildman–Crippen MR) is 106 cm³/mol. The van der Waals surface area contributed by atoms with E-state index in [9.17, 15) is 10.1 Å². The van der Waals surface area contributed by atoms with Crippen LogP contribution in [0, 0.1) is 11.3 Å². The monoisotopic (exact) mass is 404 g/mol. The summed E-state index contributed by atoms with van der Waals surface area (Å²) in [6.45, 7) is 0. The molecule has 3 nitrogen and oxygen atoms in total. The molecule has 3 aromatic rings. The van der Waals surface area contributed by atoms with Crippen molar-refractivity contribution in [3.63, 3.8) is 0 Å². The van der Waals surface area contributed by atoms with Gasteiger partial charge in [0.2, 0.25) is 0 Å². The fraction of sp³-hybridized carbons (Fsp3) is 0.0909. The third-order valence-corrected chi connectivity index (χ3v) is 4.84. The molecule has 1 N–H and O–H groups in total. The van der Waals surface area contributed by atoms with Crippen LogP contribution in [0.25, 0.3) is 0 Å². The molecule has 0 aliphatic heterocycles. The van der Waals surface area contributed by atoms with Crippen LogP contribution in [0.5, 0.6) is 0 Å². The van der Waals surface area contributed by atoms with E-state index in [1.54, 1.807) is 12.1 Å². The largest absolute Gasteiger partial charge is 0.337 e. The van der Waals surface area contributed by atoms with E-state index in [4.69, 9.17) is 0 Å². The Balaban J connectivity index is 2.09. The highest BCUT2D eigenvalue weighted by molar-refractivity contribution is 9.10. The molecular formula is C22H17BrN2O. The molecule has 3 aromatic carbocycles. The van der Waals surface area contributed by atoms with Gasteiger partial charge in [0.05, 0.1) is 12.5 Å². The van der Waals surface area contributed by atoms with E-state index in [1.165, 1.54) is 0 Å². The maximum Gasteiger partial charge on any atom is 0.252 e. The van der Waals surface area contributed by atoms with Crippen LogP contribution in [0.4, 0.5) is 0 Å². The Labute approximate surface area is 161 Å². The van der Waals surface area contributed by atoms with Gasteiger partial charge in [-0.15, -0.1) is 0 Å². The first-order valence-electron chi connectivity index (χ1n) is 8.22. The number of nitrogens with zero attached hydrogens (tertiary/aromatic N) is 1. The normalized spacial score (nSPS) is 10.8. The average Bonchev–Trinajstić information content (AvgIpc) is 2.69. The zero-order valence-corrected chi connectivity index (χ0v) is 15.6. The van der Waals surface area contributed by atoms with Crippen molar-refractivity contribution in [1.82, 2.24) is 5.32 Å². The molecule has 0 radical (unpaired) electrons. The van der Waals surface area contributed by atoms with Crippen LogP contribution in [-0.2, 0) is 5.54 Å². The number of rotatable bonds is 5. The number of amides is 1.